The maximum atomic E-state index is 13.6. The molecular weight excluding hydrogens is 311 g/mol. The van der Waals surface area contributed by atoms with E-state index in [1.807, 2.05) is 0 Å². The molecule has 0 unspecified atom stereocenters. The second kappa shape index (κ2) is 6.31. The van der Waals surface area contributed by atoms with Gasteiger partial charge in [0.05, 0.1) is 19.2 Å². The van der Waals surface area contributed by atoms with E-state index in [2.05, 4.69) is 5.32 Å². The monoisotopic (exact) mass is 328 g/mol. The number of hydrogen-bond donors (Lipinski definition) is 1. The third-order valence-electron chi connectivity index (χ3n) is 3.97. The zero-order chi connectivity index (χ0) is 17.3. The first-order valence-electron chi connectivity index (χ1n) is 7.53. The number of halogens is 1. The van der Waals surface area contributed by atoms with E-state index in [4.69, 9.17) is 4.74 Å². The van der Waals surface area contributed by atoms with Crippen molar-refractivity contribution in [2.45, 2.75) is 19.4 Å². The summed E-state index contributed by atoms with van der Waals surface area (Å²) in [5.74, 6) is -0.473. The van der Waals surface area contributed by atoms with Gasteiger partial charge < -0.3 is 10.1 Å². The van der Waals surface area contributed by atoms with Crippen LogP contribution in [0.15, 0.2) is 42.5 Å². The van der Waals surface area contributed by atoms with E-state index in [0.717, 1.165) is 4.90 Å². The van der Waals surface area contributed by atoms with Gasteiger partial charge in [-0.1, -0.05) is 12.1 Å². The van der Waals surface area contributed by atoms with Crippen LogP contribution in [0.4, 0.5) is 15.8 Å². The van der Waals surface area contributed by atoms with Gasteiger partial charge in [0.15, 0.2) is 0 Å². The molecule has 1 heterocycles. The van der Waals surface area contributed by atoms with Crippen molar-refractivity contribution in [2.75, 3.05) is 17.3 Å². The van der Waals surface area contributed by atoms with E-state index < -0.39 is 6.04 Å². The number of rotatable bonds is 4. The molecule has 0 saturated carbocycles. The van der Waals surface area contributed by atoms with Crippen molar-refractivity contribution in [2.24, 2.45) is 0 Å². The Kier molecular flexibility index (Phi) is 4.20. The van der Waals surface area contributed by atoms with Gasteiger partial charge in [-0.2, -0.15) is 0 Å². The predicted octanol–water partition coefficient (Wildman–Crippen LogP) is 2.89. The fourth-order valence-corrected chi connectivity index (χ4v) is 2.65. The highest BCUT2D eigenvalue weighted by atomic mass is 19.1. The Labute approximate surface area is 139 Å². The number of anilines is 2. The van der Waals surface area contributed by atoms with Gasteiger partial charge in [0.25, 0.3) is 5.91 Å². The van der Waals surface area contributed by atoms with Crippen LogP contribution in [0, 0.1) is 12.7 Å². The molecule has 0 radical (unpaired) electrons. The lowest BCUT2D eigenvalue weighted by atomic mass is 10.2. The Morgan fingerprint density at radius 3 is 2.71 bits per heavy atom. The summed E-state index contributed by atoms with van der Waals surface area (Å²) in [6.45, 7) is 1.66. The van der Waals surface area contributed by atoms with Gasteiger partial charge in [-0.3, -0.25) is 9.59 Å². The predicted molar refractivity (Wildman–Crippen MR) is 88.7 cm³/mol. The summed E-state index contributed by atoms with van der Waals surface area (Å²) in [6.07, 6.45) is 0.0194. The first kappa shape index (κ1) is 16.0. The van der Waals surface area contributed by atoms with Crippen LogP contribution in [0.2, 0.25) is 0 Å². The molecule has 24 heavy (non-hydrogen) atoms. The summed E-state index contributed by atoms with van der Waals surface area (Å²) in [4.78, 5) is 26.0. The molecule has 2 aromatic carbocycles. The molecule has 1 aliphatic heterocycles. The Morgan fingerprint density at radius 2 is 2.00 bits per heavy atom. The number of carbonyl (C=O) groups is 2. The van der Waals surface area contributed by atoms with Crippen molar-refractivity contribution < 1.29 is 18.7 Å². The molecule has 2 amide bonds. The second-order valence-electron chi connectivity index (χ2n) is 5.63. The van der Waals surface area contributed by atoms with Crippen molar-refractivity contribution in [3.05, 3.63) is 53.8 Å². The average Bonchev–Trinajstić information content (AvgIpc) is 2.85. The van der Waals surface area contributed by atoms with E-state index in [0.29, 0.717) is 22.7 Å². The van der Waals surface area contributed by atoms with Crippen LogP contribution in [-0.2, 0) is 9.59 Å². The number of nitrogens with one attached hydrogen (secondary N) is 1. The number of hydrogen-bond acceptors (Lipinski definition) is 4. The summed E-state index contributed by atoms with van der Waals surface area (Å²) in [7, 11) is 1.52. The van der Waals surface area contributed by atoms with Crippen molar-refractivity contribution in [3.8, 4) is 5.75 Å². The fourth-order valence-electron chi connectivity index (χ4n) is 2.65. The summed E-state index contributed by atoms with van der Waals surface area (Å²) in [5.41, 5.74) is 1.45. The van der Waals surface area contributed by atoms with E-state index in [-0.39, 0.29) is 24.1 Å². The molecule has 1 N–H and O–H groups in total. The number of aryl methyl sites for hydroxylation is 1. The highest BCUT2D eigenvalue weighted by molar-refractivity contribution is 6.23. The van der Waals surface area contributed by atoms with Crippen LogP contribution in [0.1, 0.15) is 12.0 Å². The molecule has 6 heteroatoms. The quantitative estimate of drug-likeness (QED) is 0.877. The molecule has 1 atom stereocenters. The van der Waals surface area contributed by atoms with E-state index in [1.165, 1.54) is 13.2 Å². The summed E-state index contributed by atoms with van der Waals surface area (Å²) in [6, 6.07) is 10.7. The molecule has 0 aromatic heterocycles. The average molecular weight is 328 g/mol. The minimum Gasteiger partial charge on any atom is -0.497 e. The van der Waals surface area contributed by atoms with Gasteiger partial charge in [0.1, 0.15) is 17.6 Å². The fraction of sp³-hybridized carbons (Fsp3) is 0.222. The first-order chi connectivity index (χ1) is 11.5. The maximum Gasteiger partial charge on any atom is 0.256 e. The minimum atomic E-state index is -0.717. The number of amides is 2. The summed E-state index contributed by atoms with van der Waals surface area (Å²) in [5, 5.41) is 2.93. The Hall–Kier alpha value is -2.89. The minimum absolute atomic E-state index is 0.0194. The molecule has 2 aromatic rings. The molecule has 1 aliphatic rings. The van der Waals surface area contributed by atoms with Crippen LogP contribution < -0.4 is 15.0 Å². The van der Waals surface area contributed by atoms with Crippen molar-refractivity contribution >= 4 is 23.2 Å². The van der Waals surface area contributed by atoms with Crippen molar-refractivity contribution in [3.63, 3.8) is 0 Å². The molecule has 3 rings (SSSR count). The molecule has 5 nitrogen and oxygen atoms in total. The standard InChI is InChI=1S/C18H17FN2O3/c1-11-6-7-12(8-15(11)19)20-16-10-17(22)21(18(16)23)13-4-3-5-14(9-13)24-2/h3-9,16,20H,10H2,1-2H3/t16-/m1/s1. The number of ether oxygens (including phenoxy) is 1. The van der Waals surface area contributed by atoms with Crippen LogP contribution in [0.25, 0.3) is 0 Å². The third kappa shape index (κ3) is 2.95. The van der Waals surface area contributed by atoms with Crippen LogP contribution in [-0.4, -0.2) is 25.0 Å². The molecule has 124 valence electrons. The van der Waals surface area contributed by atoms with Crippen LogP contribution in [0.5, 0.6) is 5.75 Å². The van der Waals surface area contributed by atoms with Crippen LogP contribution in [0.3, 0.4) is 0 Å². The second-order valence-corrected chi connectivity index (χ2v) is 5.63. The number of methoxy groups -OCH3 is 1. The van der Waals surface area contributed by atoms with E-state index in [9.17, 15) is 14.0 Å². The highest BCUT2D eigenvalue weighted by Gasteiger charge is 2.39. The smallest absolute Gasteiger partial charge is 0.256 e. The third-order valence-corrected chi connectivity index (χ3v) is 3.97. The van der Waals surface area contributed by atoms with Gasteiger partial charge in [-0.25, -0.2) is 9.29 Å². The lowest BCUT2D eigenvalue weighted by molar-refractivity contribution is -0.121. The van der Waals surface area contributed by atoms with Gasteiger partial charge in [0.2, 0.25) is 5.91 Å². The van der Waals surface area contributed by atoms with Gasteiger partial charge in [-0.15, -0.1) is 0 Å². The first-order valence-corrected chi connectivity index (χ1v) is 7.53. The van der Waals surface area contributed by atoms with Gasteiger partial charge >= 0.3 is 0 Å². The lowest BCUT2D eigenvalue weighted by Gasteiger charge is -2.17. The molecule has 0 aliphatic carbocycles. The SMILES string of the molecule is COc1cccc(N2C(=O)C[C@@H](Nc3ccc(C)c(F)c3)C2=O)c1. The largest absolute Gasteiger partial charge is 0.497 e. The molecule has 1 saturated heterocycles. The molecule has 0 bridgehead atoms. The van der Waals surface area contributed by atoms with Crippen molar-refractivity contribution in [1.82, 2.24) is 0 Å². The van der Waals surface area contributed by atoms with Crippen molar-refractivity contribution in [1.29, 1.82) is 0 Å². The van der Waals surface area contributed by atoms with E-state index >= 15 is 0 Å². The topological polar surface area (TPSA) is 58.6 Å². The Balaban J connectivity index is 1.82. The van der Waals surface area contributed by atoms with Crippen LogP contribution >= 0.6 is 0 Å². The number of nitrogens with zero attached hydrogens (tertiary/aromatic N) is 1. The Morgan fingerprint density at radius 1 is 1.21 bits per heavy atom. The van der Waals surface area contributed by atoms with Gasteiger partial charge in [-0.05, 0) is 36.8 Å². The molecule has 1 fully saturated rings. The summed E-state index contributed by atoms with van der Waals surface area (Å²) >= 11 is 0. The Bertz CT molecular complexity index is 807. The lowest BCUT2D eigenvalue weighted by Crippen LogP contribution is -2.34. The molecule has 0 spiro atoms. The maximum absolute atomic E-state index is 13.6. The van der Waals surface area contributed by atoms with E-state index in [1.54, 1.807) is 43.3 Å². The number of benzene rings is 2. The zero-order valence-corrected chi connectivity index (χ0v) is 13.4. The number of imide groups is 1. The van der Waals surface area contributed by atoms with Gasteiger partial charge in [0, 0.05) is 11.8 Å². The zero-order valence-electron chi connectivity index (χ0n) is 13.4. The molecular formula is C18H17FN2O3. The highest BCUT2D eigenvalue weighted by Crippen LogP contribution is 2.28. The number of carbonyl (C=O) groups excluding carboxylic acids is 2. The summed E-state index contributed by atoms with van der Waals surface area (Å²) < 4.78 is 18.8. The normalized spacial score (nSPS) is 17.3.